The highest BCUT2D eigenvalue weighted by Crippen LogP contribution is 2.40. The number of nitrogens with zero attached hydrogens (tertiary/aromatic N) is 1. The van der Waals surface area contributed by atoms with Crippen LogP contribution in [0.15, 0.2) is 24.3 Å². The van der Waals surface area contributed by atoms with E-state index in [1.165, 1.54) is 12.1 Å². The van der Waals surface area contributed by atoms with Crippen molar-refractivity contribution < 1.29 is 23.8 Å². The zero-order chi connectivity index (χ0) is 18.3. The lowest BCUT2D eigenvalue weighted by Crippen LogP contribution is -2.50. The molecule has 2 aliphatic rings. The van der Waals surface area contributed by atoms with Gasteiger partial charge in [-0.05, 0) is 43.5 Å². The van der Waals surface area contributed by atoms with E-state index in [9.17, 15) is 19.1 Å². The lowest BCUT2D eigenvalue weighted by atomic mass is 9.93. The minimum absolute atomic E-state index is 0.151. The summed E-state index contributed by atoms with van der Waals surface area (Å²) in [6.07, 6.45) is 2.26. The Morgan fingerprint density at radius 2 is 2.15 bits per heavy atom. The summed E-state index contributed by atoms with van der Waals surface area (Å²) in [5.74, 6) is -1.53. The highest BCUT2D eigenvalue weighted by molar-refractivity contribution is 6.06. The normalized spacial score (nSPS) is 22.5. The van der Waals surface area contributed by atoms with E-state index in [0.29, 0.717) is 35.4 Å². The summed E-state index contributed by atoms with van der Waals surface area (Å²) in [6, 6.07) is 5.89. The Balaban J connectivity index is 1.73. The van der Waals surface area contributed by atoms with Gasteiger partial charge in [0.25, 0.3) is 5.91 Å². The average Bonchev–Trinajstić information content (AvgIpc) is 3.34. The number of nitrogens with one attached hydrogen (secondary N) is 1. The molecule has 6 nitrogen and oxygen atoms in total. The molecule has 0 bridgehead atoms. The zero-order valence-electron chi connectivity index (χ0n) is 14.1. The molecule has 0 spiro atoms. The van der Waals surface area contributed by atoms with E-state index in [-0.39, 0.29) is 13.0 Å². The molecular formula is C19H19FN2O4. The van der Waals surface area contributed by atoms with E-state index in [2.05, 4.69) is 10.3 Å². The molecule has 1 aromatic heterocycles. The lowest BCUT2D eigenvalue weighted by Gasteiger charge is -2.27. The maximum Gasteiger partial charge on any atom is 0.305 e. The standard InChI is InChI=1S/C19H19FN2O4/c20-12-3-4-15-13(7-12)14(8-16(21-15)11-1-2-11)18(25)22-19(9-17(23)24)5-6-26-10-19/h3-4,7-8,11H,1-2,5-6,9-10H2,(H,22,25)(H,23,24). The van der Waals surface area contributed by atoms with Crippen LogP contribution in [0.3, 0.4) is 0 Å². The first-order chi connectivity index (χ1) is 12.5. The molecule has 2 heterocycles. The molecule has 1 amide bonds. The van der Waals surface area contributed by atoms with Crippen LogP contribution in [0.1, 0.15) is 47.7 Å². The number of pyridine rings is 1. The van der Waals surface area contributed by atoms with Crippen molar-refractivity contribution in [2.75, 3.05) is 13.2 Å². The van der Waals surface area contributed by atoms with E-state index in [0.717, 1.165) is 18.5 Å². The van der Waals surface area contributed by atoms with E-state index >= 15 is 0 Å². The van der Waals surface area contributed by atoms with Gasteiger partial charge in [0.15, 0.2) is 0 Å². The van der Waals surface area contributed by atoms with Crippen LogP contribution in [-0.4, -0.2) is 40.7 Å². The van der Waals surface area contributed by atoms with E-state index < -0.39 is 23.2 Å². The van der Waals surface area contributed by atoms with Crippen LogP contribution in [-0.2, 0) is 9.53 Å². The minimum Gasteiger partial charge on any atom is -0.481 e. The summed E-state index contributed by atoms with van der Waals surface area (Å²) >= 11 is 0. The first kappa shape index (κ1) is 16.9. The van der Waals surface area contributed by atoms with Gasteiger partial charge in [0.1, 0.15) is 5.82 Å². The highest BCUT2D eigenvalue weighted by Gasteiger charge is 2.39. The molecule has 2 aromatic rings. The van der Waals surface area contributed by atoms with Crippen molar-refractivity contribution in [3.05, 3.63) is 41.3 Å². The zero-order valence-corrected chi connectivity index (χ0v) is 14.1. The number of hydrogen-bond acceptors (Lipinski definition) is 4. The summed E-state index contributed by atoms with van der Waals surface area (Å²) in [5, 5.41) is 12.5. The Morgan fingerprint density at radius 3 is 2.81 bits per heavy atom. The molecule has 4 rings (SSSR count). The van der Waals surface area contributed by atoms with Crippen molar-refractivity contribution in [3.8, 4) is 0 Å². The summed E-state index contributed by atoms with van der Waals surface area (Å²) in [4.78, 5) is 28.8. The predicted molar refractivity (Wildman–Crippen MR) is 91.6 cm³/mol. The number of aromatic nitrogens is 1. The molecule has 1 saturated heterocycles. The SMILES string of the molecule is O=C(O)CC1(NC(=O)c2cc(C3CC3)nc3ccc(F)cc23)CCOC1. The molecule has 1 aliphatic carbocycles. The second kappa shape index (κ2) is 6.32. The van der Waals surface area contributed by atoms with E-state index in [1.54, 1.807) is 12.1 Å². The Hall–Kier alpha value is -2.54. The predicted octanol–water partition coefficient (Wildman–Crippen LogP) is 2.61. The third-order valence-electron chi connectivity index (χ3n) is 5.00. The summed E-state index contributed by atoms with van der Waals surface area (Å²) in [6.45, 7) is 0.546. The smallest absolute Gasteiger partial charge is 0.305 e. The number of fused-ring (bicyclic) bond motifs is 1. The fourth-order valence-electron chi connectivity index (χ4n) is 3.48. The van der Waals surface area contributed by atoms with Crippen LogP contribution in [0.4, 0.5) is 4.39 Å². The number of halogens is 1. The molecule has 1 atom stereocenters. The number of carboxylic acid groups (broad SMARTS) is 1. The molecule has 1 unspecified atom stereocenters. The number of benzene rings is 1. The van der Waals surface area contributed by atoms with Gasteiger partial charge in [0.2, 0.25) is 0 Å². The topological polar surface area (TPSA) is 88.5 Å². The molecule has 2 N–H and O–H groups in total. The minimum atomic E-state index is -1.000. The Bertz CT molecular complexity index is 888. The third-order valence-corrected chi connectivity index (χ3v) is 5.00. The van der Waals surface area contributed by atoms with E-state index in [1.807, 2.05) is 0 Å². The van der Waals surface area contributed by atoms with E-state index in [4.69, 9.17) is 4.74 Å². The molecule has 1 aliphatic heterocycles. The van der Waals surface area contributed by atoms with Gasteiger partial charge in [-0.2, -0.15) is 0 Å². The van der Waals surface area contributed by atoms with Crippen LogP contribution in [0.2, 0.25) is 0 Å². The average molecular weight is 358 g/mol. The molecule has 1 saturated carbocycles. The van der Waals surface area contributed by atoms with Crippen LogP contribution in [0, 0.1) is 5.82 Å². The lowest BCUT2D eigenvalue weighted by molar-refractivity contribution is -0.138. The van der Waals surface area contributed by atoms with Crippen molar-refractivity contribution in [2.24, 2.45) is 0 Å². The first-order valence-corrected chi connectivity index (χ1v) is 8.68. The van der Waals surface area contributed by atoms with Gasteiger partial charge in [0.05, 0.1) is 29.6 Å². The monoisotopic (exact) mass is 358 g/mol. The fraction of sp³-hybridized carbons (Fsp3) is 0.421. The summed E-state index contributed by atoms with van der Waals surface area (Å²) < 4.78 is 19.1. The van der Waals surface area contributed by atoms with Crippen molar-refractivity contribution in [1.82, 2.24) is 10.3 Å². The van der Waals surface area contributed by atoms with Crippen molar-refractivity contribution in [3.63, 3.8) is 0 Å². The molecule has 7 heteroatoms. The highest BCUT2D eigenvalue weighted by atomic mass is 19.1. The maximum atomic E-state index is 13.7. The Morgan fingerprint density at radius 1 is 1.35 bits per heavy atom. The molecule has 136 valence electrons. The first-order valence-electron chi connectivity index (χ1n) is 8.68. The number of carboxylic acids is 1. The number of aliphatic carboxylic acids is 1. The third kappa shape index (κ3) is 3.26. The van der Waals surface area contributed by atoms with Gasteiger partial charge >= 0.3 is 5.97 Å². The van der Waals surface area contributed by atoms with Crippen LogP contribution < -0.4 is 5.32 Å². The molecule has 1 aromatic carbocycles. The largest absolute Gasteiger partial charge is 0.481 e. The second-order valence-corrected chi connectivity index (χ2v) is 7.14. The Labute approximate surface area is 149 Å². The van der Waals surface area contributed by atoms with Gasteiger partial charge in [0, 0.05) is 23.6 Å². The molecular weight excluding hydrogens is 339 g/mol. The quantitative estimate of drug-likeness (QED) is 0.858. The van der Waals surface area contributed by atoms with Gasteiger partial charge in [-0.25, -0.2) is 4.39 Å². The van der Waals surface area contributed by atoms with Crippen LogP contribution in [0.25, 0.3) is 10.9 Å². The van der Waals surface area contributed by atoms with Crippen LogP contribution in [0.5, 0.6) is 0 Å². The number of ether oxygens (including phenoxy) is 1. The number of carbonyl (C=O) groups excluding carboxylic acids is 1. The van der Waals surface area contributed by atoms with Crippen LogP contribution >= 0.6 is 0 Å². The number of amides is 1. The van der Waals surface area contributed by atoms with Gasteiger partial charge in [-0.15, -0.1) is 0 Å². The van der Waals surface area contributed by atoms with Crippen molar-refractivity contribution in [1.29, 1.82) is 0 Å². The van der Waals surface area contributed by atoms with Gasteiger partial charge < -0.3 is 15.2 Å². The Kier molecular flexibility index (Phi) is 4.11. The van der Waals surface area contributed by atoms with Gasteiger partial charge in [-0.3, -0.25) is 14.6 Å². The van der Waals surface area contributed by atoms with Crippen molar-refractivity contribution >= 4 is 22.8 Å². The summed E-state index contributed by atoms with van der Waals surface area (Å²) in [5.41, 5.74) is 0.777. The second-order valence-electron chi connectivity index (χ2n) is 7.14. The number of rotatable bonds is 5. The number of carbonyl (C=O) groups is 2. The van der Waals surface area contributed by atoms with Gasteiger partial charge in [-0.1, -0.05) is 0 Å². The molecule has 26 heavy (non-hydrogen) atoms. The molecule has 0 radical (unpaired) electrons. The number of hydrogen-bond donors (Lipinski definition) is 2. The summed E-state index contributed by atoms with van der Waals surface area (Å²) in [7, 11) is 0. The fourth-order valence-corrected chi connectivity index (χ4v) is 3.48. The molecule has 2 fully saturated rings. The van der Waals surface area contributed by atoms with Crippen molar-refractivity contribution in [2.45, 2.75) is 37.1 Å². The maximum absolute atomic E-state index is 13.7.